The summed E-state index contributed by atoms with van der Waals surface area (Å²) in [6, 6.07) is 0. The summed E-state index contributed by atoms with van der Waals surface area (Å²) in [6.45, 7) is 7.09. The number of hydrogen-bond acceptors (Lipinski definition) is 3. The largest absolute Gasteiger partial charge is 0.299 e. The van der Waals surface area contributed by atoms with Gasteiger partial charge in [0.25, 0.3) is 0 Å². The number of allylic oxidation sites excluding steroid dienone is 1. The molecule has 80 valence electrons. The van der Waals surface area contributed by atoms with Crippen molar-refractivity contribution in [3.63, 3.8) is 0 Å². The van der Waals surface area contributed by atoms with E-state index in [-0.39, 0.29) is 10.9 Å². The molecule has 0 aliphatic heterocycles. The van der Waals surface area contributed by atoms with Gasteiger partial charge in [-0.05, 0) is 19.8 Å². The maximum absolute atomic E-state index is 11.5. The molecule has 3 heteroatoms. The monoisotopic (exact) mass is 214 g/mol. The second-order valence-corrected chi connectivity index (χ2v) is 4.31. The lowest BCUT2D eigenvalue weighted by Gasteiger charge is -2.08. The standard InChI is InChI=1S/C11H18O2S/c1-4-6-8-14-11(13)10(7-5-2)9(3)12/h5,10H,2,4,6-8H2,1,3H3/t10-/m0/s1. The molecule has 2 nitrogen and oxygen atoms in total. The summed E-state index contributed by atoms with van der Waals surface area (Å²) >= 11 is 1.27. The van der Waals surface area contributed by atoms with Gasteiger partial charge in [0, 0.05) is 5.75 Å². The zero-order chi connectivity index (χ0) is 11.0. The number of rotatable bonds is 7. The zero-order valence-corrected chi connectivity index (χ0v) is 9.73. The number of unbranched alkanes of at least 4 members (excludes halogenated alkanes) is 1. The number of hydrogen-bond donors (Lipinski definition) is 0. The SMILES string of the molecule is C=CC[C@@H](C(C)=O)C(=O)SCCCC. The molecule has 0 saturated carbocycles. The molecule has 0 aromatic carbocycles. The van der Waals surface area contributed by atoms with Crippen molar-refractivity contribution < 1.29 is 9.59 Å². The smallest absolute Gasteiger partial charge is 0.199 e. The molecule has 0 rings (SSSR count). The Hall–Kier alpha value is -0.570. The van der Waals surface area contributed by atoms with Crippen LogP contribution in [0.2, 0.25) is 0 Å². The molecule has 14 heavy (non-hydrogen) atoms. The van der Waals surface area contributed by atoms with Crippen LogP contribution in [0.3, 0.4) is 0 Å². The van der Waals surface area contributed by atoms with Gasteiger partial charge in [-0.25, -0.2) is 0 Å². The Morgan fingerprint density at radius 2 is 2.14 bits per heavy atom. The molecule has 0 N–H and O–H groups in total. The predicted octanol–water partition coefficient (Wildman–Crippen LogP) is 2.83. The summed E-state index contributed by atoms with van der Waals surface area (Å²) in [5, 5.41) is -0.00847. The van der Waals surface area contributed by atoms with Gasteiger partial charge in [0.15, 0.2) is 5.12 Å². The Balaban J connectivity index is 4.02. The van der Waals surface area contributed by atoms with Crippen LogP contribution in [-0.2, 0) is 9.59 Å². The van der Waals surface area contributed by atoms with Crippen molar-refractivity contribution in [2.24, 2.45) is 5.92 Å². The second-order valence-electron chi connectivity index (χ2n) is 3.21. The third kappa shape index (κ3) is 5.22. The molecule has 0 saturated heterocycles. The van der Waals surface area contributed by atoms with Crippen LogP contribution in [0.5, 0.6) is 0 Å². The van der Waals surface area contributed by atoms with Crippen LogP contribution in [-0.4, -0.2) is 16.7 Å². The van der Waals surface area contributed by atoms with Gasteiger partial charge in [-0.15, -0.1) is 6.58 Å². The van der Waals surface area contributed by atoms with Gasteiger partial charge in [0.2, 0.25) is 0 Å². The number of thioether (sulfide) groups is 1. The summed E-state index contributed by atoms with van der Waals surface area (Å²) in [6.07, 6.45) is 4.19. The lowest BCUT2D eigenvalue weighted by atomic mass is 10.0. The predicted molar refractivity (Wildman–Crippen MR) is 61.4 cm³/mol. The van der Waals surface area contributed by atoms with Crippen molar-refractivity contribution in [1.29, 1.82) is 0 Å². The van der Waals surface area contributed by atoms with E-state index in [0.717, 1.165) is 18.6 Å². The molecule has 0 aromatic rings. The molecule has 0 aromatic heterocycles. The van der Waals surface area contributed by atoms with Gasteiger partial charge < -0.3 is 0 Å². The minimum Gasteiger partial charge on any atom is -0.299 e. The summed E-state index contributed by atoms with van der Waals surface area (Å²) in [5.41, 5.74) is 0. The van der Waals surface area contributed by atoms with E-state index >= 15 is 0 Å². The van der Waals surface area contributed by atoms with E-state index in [1.807, 2.05) is 0 Å². The van der Waals surface area contributed by atoms with Gasteiger partial charge in [0.05, 0.1) is 5.92 Å². The van der Waals surface area contributed by atoms with Crippen LogP contribution in [0.1, 0.15) is 33.1 Å². The fraction of sp³-hybridized carbons (Fsp3) is 0.636. The highest BCUT2D eigenvalue weighted by Gasteiger charge is 2.21. The zero-order valence-electron chi connectivity index (χ0n) is 8.91. The highest BCUT2D eigenvalue weighted by molar-refractivity contribution is 8.13. The number of Topliss-reactive ketones (excluding diaryl/α,β-unsaturated/α-hetero) is 1. The van der Waals surface area contributed by atoms with Crippen molar-refractivity contribution in [1.82, 2.24) is 0 Å². The van der Waals surface area contributed by atoms with Crippen LogP contribution in [0.4, 0.5) is 0 Å². The van der Waals surface area contributed by atoms with Crippen molar-refractivity contribution in [2.45, 2.75) is 33.1 Å². The molecular formula is C11H18O2S. The minimum absolute atomic E-state index is 0.00847. The maximum atomic E-state index is 11.5. The molecule has 1 atom stereocenters. The first-order valence-electron chi connectivity index (χ1n) is 4.91. The Bertz CT molecular complexity index is 211. The first-order chi connectivity index (χ1) is 6.63. The first kappa shape index (κ1) is 13.4. The van der Waals surface area contributed by atoms with Gasteiger partial charge >= 0.3 is 0 Å². The molecule has 0 amide bonds. The van der Waals surface area contributed by atoms with Gasteiger partial charge in [-0.2, -0.15) is 0 Å². The van der Waals surface area contributed by atoms with Crippen molar-refractivity contribution in [3.05, 3.63) is 12.7 Å². The summed E-state index contributed by atoms with van der Waals surface area (Å²) in [4.78, 5) is 22.7. The van der Waals surface area contributed by atoms with E-state index < -0.39 is 5.92 Å². The van der Waals surface area contributed by atoms with Crippen molar-refractivity contribution >= 4 is 22.7 Å². The summed E-state index contributed by atoms with van der Waals surface area (Å²) < 4.78 is 0. The summed E-state index contributed by atoms with van der Waals surface area (Å²) in [7, 11) is 0. The van der Waals surface area contributed by atoms with Crippen LogP contribution in [0.15, 0.2) is 12.7 Å². The van der Waals surface area contributed by atoms with Crippen LogP contribution in [0.25, 0.3) is 0 Å². The quantitative estimate of drug-likeness (QED) is 0.371. The Morgan fingerprint density at radius 3 is 2.57 bits per heavy atom. The van der Waals surface area contributed by atoms with E-state index in [2.05, 4.69) is 13.5 Å². The summed E-state index contributed by atoms with van der Waals surface area (Å²) in [5.74, 6) is 0.282. The van der Waals surface area contributed by atoms with Gasteiger partial charge in [-0.1, -0.05) is 31.2 Å². The Labute approximate surface area is 90.1 Å². The molecule has 0 unspecified atom stereocenters. The second kappa shape index (κ2) is 7.80. The third-order valence-corrected chi connectivity index (χ3v) is 2.98. The molecule has 0 fully saturated rings. The topological polar surface area (TPSA) is 34.1 Å². The van der Waals surface area contributed by atoms with E-state index in [4.69, 9.17) is 0 Å². The minimum atomic E-state index is -0.477. The molecule has 0 aliphatic carbocycles. The molecule has 0 bridgehead atoms. The first-order valence-corrected chi connectivity index (χ1v) is 5.90. The lowest BCUT2D eigenvalue weighted by Crippen LogP contribution is -2.19. The Morgan fingerprint density at radius 1 is 1.50 bits per heavy atom. The highest BCUT2D eigenvalue weighted by Crippen LogP contribution is 2.17. The normalized spacial score (nSPS) is 12.1. The average Bonchev–Trinajstić information content (AvgIpc) is 2.13. The van der Waals surface area contributed by atoms with Crippen LogP contribution >= 0.6 is 11.8 Å². The molecule has 0 heterocycles. The van der Waals surface area contributed by atoms with E-state index in [1.165, 1.54) is 18.7 Å². The number of carbonyl (C=O) groups is 2. The van der Waals surface area contributed by atoms with Gasteiger partial charge in [-0.3, -0.25) is 9.59 Å². The van der Waals surface area contributed by atoms with Crippen molar-refractivity contribution in [3.8, 4) is 0 Å². The molecule has 0 radical (unpaired) electrons. The molecule has 0 spiro atoms. The lowest BCUT2D eigenvalue weighted by molar-refractivity contribution is -0.126. The van der Waals surface area contributed by atoms with Crippen LogP contribution in [0, 0.1) is 5.92 Å². The van der Waals surface area contributed by atoms with E-state index in [1.54, 1.807) is 6.08 Å². The highest BCUT2D eigenvalue weighted by atomic mass is 32.2. The third-order valence-electron chi connectivity index (χ3n) is 1.92. The Kier molecular flexibility index (Phi) is 7.48. The number of carbonyl (C=O) groups excluding carboxylic acids is 2. The molecular weight excluding hydrogens is 196 g/mol. The maximum Gasteiger partial charge on any atom is 0.199 e. The number of ketones is 1. The fourth-order valence-corrected chi connectivity index (χ4v) is 2.11. The van der Waals surface area contributed by atoms with Gasteiger partial charge in [0.1, 0.15) is 5.78 Å². The average molecular weight is 214 g/mol. The molecule has 0 aliphatic rings. The van der Waals surface area contributed by atoms with E-state index in [0.29, 0.717) is 6.42 Å². The fourth-order valence-electron chi connectivity index (χ4n) is 1.01. The van der Waals surface area contributed by atoms with E-state index in [9.17, 15) is 9.59 Å². The van der Waals surface area contributed by atoms with Crippen LogP contribution < -0.4 is 0 Å². The van der Waals surface area contributed by atoms with Crippen molar-refractivity contribution in [2.75, 3.05) is 5.75 Å².